The Morgan fingerprint density at radius 3 is 2.88 bits per heavy atom. The van der Waals surface area contributed by atoms with E-state index in [4.69, 9.17) is 5.11 Å². The Morgan fingerprint density at radius 2 is 2.38 bits per heavy atom. The molecule has 2 nitrogen and oxygen atoms in total. The van der Waals surface area contributed by atoms with Gasteiger partial charge in [0.05, 0.1) is 5.92 Å². The molecule has 0 unspecified atom stereocenters. The van der Waals surface area contributed by atoms with Crippen molar-refractivity contribution < 1.29 is 9.90 Å². The lowest BCUT2D eigenvalue weighted by Crippen LogP contribution is -2.19. The zero-order valence-corrected chi connectivity index (χ0v) is 11.5. The minimum absolute atomic E-state index is 0.0940. The molecule has 0 radical (unpaired) electrons. The molecular formula is C13H19BrO2. The number of rotatable bonds is 4. The van der Waals surface area contributed by atoms with Crippen LogP contribution in [0.5, 0.6) is 0 Å². The van der Waals surface area contributed by atoms with Crippen LogP contribution < -0.4 is 0 Å². The maximum Gasteiger partial charge on any atom is 0.307 e. The molecule has 0 saturated heterocycles. The standard InChI is InChI=1S/C13H19BrO2/c1-3-11(13(15)16)9(2)8-10-6-4-5-7-12(10)14/h7-9,11H,3-6H2,1-2H3,(H,15,16)/b10-8+/t9-,11-/m0/s1. The van der Waals surface area contributed by atoms with E-state index in [0.29, 0.717) is 6.42 Å². The van der Waals surface area contributed by atoms with E-state index in [1.165, 1.54) is 5.57 Å². The second-order valence-corrected chi connectivity index (χ2v) is 5.20. The fourth-order valence-corrected chi connectivity index (χ4v) is 2.70. The number of hydrogen-bond acceptors (Lipinski definition) is 1. The molecule has 1 N–H and O–H groups in total. The van der Waals surface area contributed by atoms with Gasteiger partial charge in [0, 0.05) is 4.48 Å². The summed E-state index contributed by atoms with van der Waals surface area (Å²) in [6, 6.07) is 0. The Balaban J connectivity index is 2.78. The van der Waals surface area contributed by atoms with Crippen molar-refractivity contribution >= 4 is 21.9 Å². The van der Waals surface area contributed by atoms with Crippen LogP contribution in [0.2, 0.25) is 0 Å². The Kier molecular flexibility index (Phi) is 5.26. The lowest BCUT2D eigenvalue weighted by atomic mass is 9.88. The van der Waals surface area contributed by atoms with E-state index in [2.05, 4.69) is 28.1 Å². The molecule has 0 aliphatic heterocycles. The maximum absolute atomic E-state index is 11.0. The van der Waals surface area contributed by atoms with Gasteiger partial charge in [-0.3, -0.25) is 4.79 Å². The van der Waals surface area contributed by atoms with Crippen LogP contribution in [0.3, 0.4) is 0 Å². The molecule has 1 aliphatic rings. The van der Waals surface area contributed by atoms with Gasteiger partial charge in [0.1, 0.15) is 0 Å². The molecule has 16 heavy (non-hydrogen) atoms. The van der Waals surface area contributed by atoms with Gasteiger partial charge >= 0.3 is 5.97 Å². The summed E-state index contributed by atoms with van der Waals surface area (Å²) in [5.41, 5.74) is 1.26. The number of hydrogen-bond donors (Lipinski definition) is 1. The van der Waals surface area contributed by atoms with E-state index in [0.717, 1.165) is 23.7 Å². The highest BCUT2D eigenvalue weighted by Crippen LogP contribution is 2.31. The Hall–Kier alpha value is -0.570. The first-order chi connectivity index (χ1) is 7.56. The second kappa shape index (κ2) is 6.24. The minimum Gasteiger partial charge on any atom is -0.481 e. The molecule has 0 heterocycles. The van der Waals surface area contributed by atoms with Crippen molar-refractivity contribution in [2.24, 2.45) is 11.8 Å². The van der Waals surface area contributed by atoms with Gasteiger partial charge in [-0.05, 0) is 37.2 Å². The first-order valence-corrected chi connectivity index (χ1v) is 6.65. The molecule has 0 fully saturated rings. The average molecular weight is 287 g/mol. The molecule has 0 aromatic heterocycles. The summed E-state index contributed by atoms with van der Waals surface area (Å²) in [6.07, 6.45) is 8.30. The molecule has 1 aliphatic carbocycles. The molecule has 0 saturated carbocycles. The van der Waals surface area contributed by atoms with Crippen molar-refractivity contribution in [2.75, 3.05) is 0 Å². The van der Waals surface area contributed by atoms with E-state index in [9.17, 15) is 4.79 Å². The normalized spacial score (nSPS) is 22.7. The zero-order chi connectivity index (χ0) is 12.1. The van der Waals surface area contributed by atoms with Gasteiger partial charge in [0.15, 0.2) is 0 Å². The average Bonchev–Trinajstić information content (AvgIpc) is 2.22. The summed E-state index contributed by atoms with van der Waals surface area (Å²) in [5, 5.41) is 9.08. The van der Waals surface area contributed by atoms with Gasteiger partial charge < -0.3 is 5.11 Å². The van der Waals surface area contributed by atoms with Crippen molar-refractivity contribution in [3.63, 3.8) is 0 Å². The van der Waals surface area contributed by atoms with E-state index >= 15 is 0 Å². The molecule has 0 aromatic carbocycles. The first kappa shape index (κ1) is 13.5. The molecule has 90 valence electrons. The lowest BCUT2D eigenvalue weighted by Gasteiger charge is -2.19. The third-order valence-corrected chi connectivity index (χ3v) is 3.97. The van der Waals surface area contributed by atoms with Crippen LogP contribution in [0.1, 0.15) is 39.5 Å². The van der Waals surface area contributed by atoms with Crippen molar-refractivity contribution in [2.45, 2.75) is 39.5 Å². The van der Waals surface area contributed by atoms with Crippen LogP contribution >= 0.6 is 15.9 Å². The number of allylic oxidation sites excluding steroid dienone is 4. The Bertz CT molecular complexity index is 318. The van der Waals surface area contributed by atoms with Crippen LogP contribution in [-0.4, -0.2) is 11.1 Å². The number of carboxylic acid groups (broad SMARTS) is 1. The SMILES string of the molecule is CC[C@H](C(=O)O)[C@@H](C)/C=C1\CCCC=C1Br. The molecule has 2 atom stereocenters. The second-order valence-electron chi connectivity index (χ2n) is 4.35. The predicted molar refractivity (Wildman–Crippen MR) is 69.5 cm³/mol. The lowest BCUT2D eigenvalue weighted by molar-refractivity contribution is -0.142. The van der Waals surface area contributed by atoms with E-state index in [1.54, 1.807) is 0 Å². The highest BCUT2D eigenvalue weighted by atomic mass is 79.9. The fraction of sp³-hybridized carbons (Fsp3) is 0.615. The Morgan fingerprint density at radius 1 is 1.69 bits per heavy atom. The van der Waals surface area contributed by atoms with Crippen LogP contribution in [0.15, 0.2) is 22.2 Å². The van der Waals surface area contributed by atoms with Gasteiger partial charge in [0.25, 0.3) is 0 Å². The topological polar surface area (TPSA) is 37.3 Å². The molecule has 3 heteroatoms. The monoisotopic (exact) mass is 286 g/mol. The number of carbonyl (C=O) groups is 1. The van der Waals surface area contributed by atoms with Gasteiger partial charge in [-0.15, -0.1) is 0 Å². The van der Waals surface area contributed by atoms with Crippen LogP contribution in [0, 0.1) is 11.8 Å². The highest BCUT2D eigenvalue weighted by molar-refractivity contribution is 9.12. The van der Waals surface area contributed by atoms with Crippen LogP contribution in [0.4, 0.5) is 0 Å². The molecule has 0 amide bonds. The molecule has 0 spiro atoms. The first-order valence-electron chi connectivity index (χ1n) is 5.85. The van der Waals surface area contributed by atoms with Gasteiger partial charge in [-0.2, -0.15) is 0 Å². The van der Waals surface area contributed by atoms with Crippen LogP contribution in [-0.2, 0) is 4.79 Å². The predicted octanol–water partition coefficient (Wildman–Crippen LogP) is 4.12. The minimum atomic E-state index is -0.692. The molecule has 1 rings (SSSR count). The fourth-order valence-electron chi connectivity index (χ4n) is 2.14. The molecule has 0 bridgehead atoms. The largest absolute Gasteiger partial charge is 0.481 e. The maximum atomic E-state index is 11.0. The summed E-state index contributed by atoms with van der Waals surface area (Å²) in [6.45, 7) is 3.92. The summed E-state index contributed by atoms with van der Waals surface area (Å²) in [7, 11) is 0. The van der Waals surface area contributed by atoms with Crippen molar-refractivity contribution in [1.82, 2.24) is 0 Å². The molecular weight excluding hydrogens is 268 g/mol. The van der Waals surface area contributed by atoms with Gasteiger partial charge in [0.2, 0.25) is 0 Å². The quantitative estimate of drug-likeness (QED) is 0.844. The van der Waals surface area contributed by atoms with Crippen molar-refractivity contribution in [3.8, 4) is 0 Å². The molecule has 0 aromatic rings. The van der Waals surface area contributed by atoms with Gasteiger partial charge in [-0.1, -0.05) is 41.9 Å². The van der Waals surface area contributed by atoms with Crippen molar-refractivity contribution in [1.29, 1.82) is 0 Å². The summed E-state index contributed by atoms with van der Waals surface area (Å²) >= 11 is 3.54. The third kappa shape index (κ3) is 3.48. The Labute approximate surface area is 106 Å². The third-order valence-electron chi connectivity index (χ3n) is 3.14. The highest BCUT2D eigenvalue weighted by Gasteiger charge is 2.22. The van der Waals surface area contributed by atoms with E-state index in [1.807, 2.05) is 13.8 Å². The van der Waals surface area contributed by atoms with E-state index < -0.39 is 5.97 Å². The smallest absolute Gasteiger partial charge is 0.307 e. The van der Waals surface area contributed by atoms with E-state index in [-0.39, 0.29) is 11.8 Å². The summed E-state index contributed by atoms with van der Waals surface area (Å²) < 4.78 is 1.14. The number of carboxylic acids is 1. The summed E-state index contributed by atoms with van der Waals surface area (Å²) in [4.78, 5) is 11.0. The van der Waals surface area contributed by atoms with Crippen molar-refractivity contribution in [3.05, 3.63) is 22.2 Å². The number of aliphatic carboxylic acids is 1. The number of halogens is 1. The van der Waals surface area contributed by atoms with Gasteiger partial charge in [-0.25, -0.2) is 0 Å². The summed E-state index contributed by atoms with van der Waals surface area (Å²) in [5.74, 6) is -0.867. The zero-order valence-electron chi connectivity index (χ0n) is 9.87. The van der Waals surface area contributed by atoms with Crippen LogP contribution in [0.25, 0.3) is 0 Å².